The highest BCUT2D eigenvalue weighted by Crippen LogP contribution is 2.31. The largest absolute Gasteiger partial charge is 0.514 e. The predicted octanol–water partition coefficient (Wildman–Crippen LogP) is 3.43. The number of thiazole rings is 1. The van der Waals surface area contributed by atoms with Crippen LogP contribution < -0.4 is 15.4 Å². The van der Waals surface area contributed by atoms with E-state index in [4.69, 9.17) is 4.74 Å². The number of benzene rings is 1. The van der Waals surface area contributed by atoms with Crippen molar-refractivity contribution in [1.29, 1.82) is 0 Å². The van der Waals surface area contributed by atoms with Crippen LogP contribution in [0.5, 0.6) is 11.6 Å². The number of hydrogen-bond acceptors (Lipinski definition) is 9. The van der Waals surface area contributed by atoms with Crippen molar-refractivity contribution in [2.45, 2.75) is 57.0 Å². The number of nitrogens with zero attached hydrogens (tertiary/aromatic N) is 2. The molecule has 2 atom stereocenters. The molecule has 2 heterocycles. The Morgan fingerprint density at radius 2 is 1.94 bits per heavy atom. The van der Waals surface area contributed by atoms with Crippen LogP contribution in [0.15, 0.2) is 29.6 Å². The first kappa shape index (κ1) is 25.4. The quantitative estimate of drug-likeness (QED) is 0.357. The van der Waals surface area contributed by atoms with Crippen LogP contribution in [-0.4, -0.2) is 58.2 Å². The molecule has 36 heavy (non-hydrogen) atoms. The van der Waals surface area contributed by atoms with Crippen LogP contribution >= 0.6 is 11.3 Å². The Morgan fingerprint density at radius 3 is 2.64 bits per heavy atom. The number of carbonyl (C=O) groups excluding carboxylic acids is 4. The second kappa shape index (κ2) is 11.4. The van der Waals surface area contributed by atoms with Crippen LogP contribution in [0.4, 0.5) is 14.7 Å². The van der Waals surface area contributed by atoms with Crippen LogP contribution in [0.3, 0.4) is 0 Å². The molecule has 0 spiro atoms. The summed E-state index contributed by atoms with van der Waals surface area (Å²) in [5.74, 6) is -0.726. The van der Waals surface area contributed by atoms with Crippen molar-refractivity contribution in [3.05, 3.63) is 35.2 Å². The van der Waals surface area contributed by atoms with E-state index in [0.717, 1.165) is 53.9 Å². The fourth-order valence-electron chi connectivity index (χ4n) is 4.60. The smallest absolute Gasteiger partial charge is 0.508 e. The van der Waals surface area contributed by atoms with Gasteiger partial charge in [0.1, 0.15) is 17.8 Å². The molecule has 0 radical (unpaired) electrons. The number of urea groups is 1. The Hall–Kier alpha value is -3.67. The van der Waals surface area contributed by atoms with E-state index in [9.17, 15) is 24.3 Å². The number of phenolic OH excluding ortho intramolecular Hbond substituents is 1. The Kier molecular flexibility index (Phi) is 8.04. The fraction of sp³-hybridized carbons (Fsp3) is 0.458. The number of carbonyl (C=O) groups is 4. The lowest BCUT2D eigenvalue weighted by Crippen LogP contribution is -2.49. The van der Waals surface area contributed by atoms with Crippen molar-refractivity contribution in [1.82, 2.24) is 15.2 Å². The SMILES string of the molecule is COC(=O)Oc1csc(NC(=O)[C@H](CC2CCCCC2)N2C(=O)N[C@@H](Cc3ccc(O)cc3)C2=O)n1. The van der Waals surface area contributed by atoms with Gasteiger partial charge in [-0.3, -0.25) is 9.59 Å². The van der Waals surface area contributed by atoms with Crippen molar-refractivity contribution in [3.8, 4) is 11.6 Å². The summed E-state index contributed by atoms with van der Waals surface area (Å²) in [6, 6.07) is 3.94. The van der Waals surface area contributed by atoms with Crippen molar-refractivity contribution in [2.24, 2.45) is 5.92 Å². The molecule has 4 amide bonds. The molecular weight excluding hydrogens is 488 g/mol. The molecule has 2 aromatic rings. The van der Waals surface area contributed by atoms with Gasteiger partial charge in [0.05, 0.1) is 12.5 Å². The number of nitrogens with one attached hydrogen (secondary N) is 2. The van der Waals surface area contributed by atoms with Crippen LogP contribution in [0.2, 0.25) is 0 Å². The number of aromatic hydroxyl groups is 1. The van der Waals surface area contributed by atoms with E-state index >= 15 is 0 Å². The molecule has 12 heteroatoms. The number of rotatable bonds is 8. The van der Waals surface area contributed by atoms with E-state index in [-0.39, 0.29) is 29.1 Å². The average molecular weight is 517 g/mol. The molecular formula is C24H28N4O7S. The average Bonchev–Trinajstić information content (AvgIpc) is 3.42. The predicted molar refractivity (Wildman–Crippen MR) is 130 cm³/mol. The van der Waals surface area contributed by atoms with Gasteiger partial charge in [-0.25, -0.2) is 14.5 Å². The summed E-state index contributed by atoms with van der Waals surface area (Å²) in [6.45, 7) is 0. The summed E-state index contributed by atoms with van der Waals surface area (Å²) >= 11 is 1.04. The van der Waals surface area contributed by atoms with Crippen LogP contribution in [0, 0.1) is 5.92 Å². The van der Waals surface area contributed by atoms with E-state index in [1.54, 1.807) is 12.1 Å². The van der Waals surface area contributed by atoms with Crippen molar-refractivity contribution >= 4 is 40.5 Å². The minimum atomic E-state index is -1.01. The number of imide groups is 1. The van der Waals surface area contributed by atoms with E-state index < -0.39 is 36.1 Å². The lowest BCUT2D eigenvalue weighted by atomic mass is 9.84. The van der Waals surface area contributed by atoms with Gasteiger partial charge in [-0.05, 0) is 30.0 Å². The lowest BCUT2D eigenvalue weighted by Gasteiger charge is -2.30. The normalized spacial score (nSPS) is 19.0. The molecule has 0 bridgehead atoms. The van der Waals surface area contributed by atoms with Crippen molar-refractivity contribution in [2.75, 3.05) is 12.4 Å². The monoisotopic (exact) mass is 516 g/mol. The molecule has 0 unspecified atom stereocenters. The summed E-state index contributed by atoms with van der Waals surface area (Å²) in [7, 11) is 1.17. The standard InChI is InChI=1S/C24H28N4O7S/c1-34-24(33)35-19-13-36-22(26-19)27-20(30)18(12-14-5-3-2-4-6-14)28-21(31)17(25-23(28)32)11-15-7-9-16(29)10-8-15/h7-10,13-14,17-18,29H,2-6,11-12H2,1H3,(H,25,32)(H,26,27,30)/t17-,18-/m0/s1. The number of phenols is 1. The molecule has 1 saturated carbocycles. The molecule has 1 saturated heterocycles. The molecule has 4 rings (SSSR count). The number of ether oxygens (including phenoxy) is 2. The number of amides is 4. The molecule has 192 valence electrons. The number of methoxy groups -OCH3 is 1. The highest BCUT2D eigenvalue weighted by molar-refractivity contribution is 7.14. The summed E-state index contributed by atoms with van der Waals surface area (Å²) < 4.78 is 9.29. The molecule has 3 N–H and O–H groups in total. The van der Waals surface area contributed by atoms with Crippen LogP contribution in [-0.2, 0) is 20.7 Å². The Morgan fingerprint density at radius 1 is 1.22 bits per heavy atom. The van der Waals surface area contributed by atoms with Crippen molar-refractivity contribution in [3.63, 3.8) is 0 Å². The van der Waals surface area contributed by atoms with Crippen LogP contribution in [0.25, 0.3) is 0 Å². The minimum absolute atomic E-state index is 0.0325. The third-order valence-corrected chi connectivity index (χ3v) is 7.13. The Bertz CT molecular complexity index is 1110. The second-order valence-corrected chi connectivity index (χ2v) is 9.73. The number of aromatic nitrogens is 1. The van der Waals surface area contributed by atoms with Gasteiger partial charge in [-0.15, -0.1) is 11.3 Å². The maximum absolute atomic E-state index is 13.4. The lowest BCUT2D eigenvalue weighted by molar-refractivity contribution is -0.134. The topological polar surface area (TPSA) is 147 Å². The first-order valence-electron chi connectivity index (χ1n) is 11.8. The van der Waals surface area contributed by atoms with Gasteiger partial charge in [0.25, 0.3) is 5.91 Å². The highest BCUT2D eigenvalue weighted by atomic mass is 32.1. The van der Waals surface area contributed by atoms with Crippen LogP contribution in [0.1, 0.15) is 44.1 Å². The molecule has 1 aromatic carbocycles. The number of hydrogen-bond donors (Lipinski definition) is 3. The van der Waals surface area contributed by atoms with Gasteiger partial charge in [-0.1, -0.05) is 44.2 Å². The van der Waals surface area contributed by atoms with Gasteiger partial charge in [0, 0.05) is 6.42 Å². The molecule has 11 nitrogen and oxygen atoms in total. The molecule has 2 aliphatic rings. The first-order valence-corrected chi connectivity index (χ1v) is 12.7. The first-order chi connectivity index (χ1) is 17.3. The molecule has 1 aromatic heterocycles. The molecule has 1 aliphatic heterocycles. The van der Waals surface area contributed by atoms with Gasteiger partial charge < -0.3 is 25.2 Å². The maximum atomic E-state index is 13.4. The van der Waals surface area contributed by atoms with Gasteiger partial charge in [-0.2, -0.15) is 4.98 Å². The minimum Gasteiger partial charge on any atom is -0.508 e. The fourth-order valence-corrected chi connectivity index (χ4v) is 5.21. The zero-order valence-electron chi connectivity index (χ0n) is 19.8. The third-order valence-electron chi connectivity index (χ3n) is 6.39. The van der Waals surface area contributed by atoms with Crippen molar-refractivity contribution < 1.29 is 33.8 Å². The summed E-state index contributed by atoms with van der Waals surface area (Å²) in [5.41, 5.74) is 0.766. The maximum Gasteiger partial charge on any atom is 0.514 e. The molecule has 2 fully saturated rings. The highest BCUT2D eigenvalue weighted by Gasteiger charge is 2.45. The third kappa shape index (κ3) is 6.11. The van der Waals surface area contributed by atoms with E-state index in [1.165, 1.54) is 24.6 Å². The number of anilines is 1. The van der Waals surface area contributed by atoms with E-state index in [1.807, 2.05) is 0 Å². The Labute approximate surface area is 211 Å². The second-order valence-electron chi connectivity index (χ2n) is 8.87. The Balaban J connectivity index is 1.50. The summed E-state index contributed by atoms with van der Waals surface area (Å²) in [6.07, 6.45) is 4.73. The van der Waals surface area contributed by atoms with E-state index in [0.29, 0.717) is 6.42 Å². The van der Waals surface area contributed by atoms with Gasteiger partial charge >= 0.3 is 12.2 Å². The summed E-state index contributed by atoms with van der Waals surface area (Å²) in [4.78, 5) is 56.0. The zero-order valence-corrected chi connectivity index (χ0v) is 20.6. The zero-order chi connectivity index (χ0) is 25.7. The van der Waals surface area contributed by atoms with E-state index in [2.05, 4.69) is 20.4 Å². The summed E-state index contributed by atoms with van der Waals surface area (Å²) in [5, 5.41) is 16.5. The van der Waals surface area contributed by atoms with Gasteiger partial charge in [0.15, 0.2) is 5.13 Å². The molecule has 1 aliphatic carbocycles. The van der Waals surface area contributed by atoms with Gasteiger partial charge in [0.2, 0.25) is 11.8 Å².